The average molecular weight is 315 g/mol. The smallest absolute Gasteiger partial charge is 0.0356 e. The topological polar surface area (TPSA) is 0 Å². The fourth-order valence-electron chi connectivity index (χ4n) is 3.03. The van der Waals surface area contributed by atoms with E-state index in [1.54, 1.807) is 0 Å². The van der Waals surface area contributed by atoms with Crippen molar-refractivity contribution in [1.82, 2.24) is 0 Å². The molecule has 0 aromatic carbocycles. The van der Waals surface area contributed by atoms with Crippen LogP contribution in [0.1, 0.15) is 116 Å². The molecule has 1 atom stereocenters. The van der Waals surface area contributed by atoms with Crippen LogP contribution in [0.4, 0.5) is 0 Å². The van der Waals surface area contributed by atoms with Gasteiger partial charge in [0.25, 0.3) is 0 Å². The summed E-state index contributed by atoms with van der Waals surface area (Å²) in [6, 6.07) is 0. The Bertz CT molecular complexity index is 149. The second-order valence-corrected chi connectivity index (χ2v) is 7.97. The third-order valence-electron chi connectivity index (χ3n) is 4.53. The minimum atomic E-state index is 1.17. The summed E-state index contributed by atoms with van der Waals surface area (Å²) in [7, 11) is 1.17. The van der Waals surface area contributed by atoms with Gasteiger partial charge in [0.1, 0.15) is 0 Å². The molecule has 0 fully saturated rings. The Morgan fingerprint density at radius 2 is 0.714 bits per heavy atom. The van der Waals surface area contributed by atoms with Crippen molar-refractivity contribution in [3.63, 3.8) is 0 Å². The molecule has 0 rings (SSSR count). The average Bonchev–Trinajstić information content (AvgIpc) is 2.50. The molecule has 0 saturated heterocycles. The number of hydrogen-bond acceptors (Lipinski definition) is 0. The molecule has 0 aliphatic heterocycles. The summed E-state index contributed by atoms with van der Waals surface area (Å²) in [5.74, 6) is 0. The van der Waals surface area contributed by atoms with Crippen LogP contribution in [0.15, 0.2) is 0 Å². The largest absolute Gasteiger partial charge is 0.125 e. The quantitative estimate of drug-likeness (QED) is 0.178. The van der Waals surface area contributed by atoms with Gasteiger partial charge in [0.05, 0.1) is 0 Å². The zero-order valence-corrected chi connectivity index (χ0v) is 16.2. The van der Waals surface area contributed by atoms with Crippen LogP contribution in [0.5, 0.6) is 0 Å². The summed E-state index contributed by atoms with van der Waals surface area (Å²) < 4.78 is 0. The summed E-state index contributed by atoms with van der Waals surface area (Å²) in [6.45, 7) is 4.62. The summed E-state index contributed by atoms with van der Waals surface area (Å²) >= 11 is 0. The van der Waals surface area contributed by atoms with Crippen molar-refractivity contribution in [2.24, 2.45) is 0 Å². The minimum Gasteiger partial charge on any atom is -0.125 e. The molecule has 0 spiro atoms. The van der Waals surface area contributed by atoms with E-state index in [9.17, 15) is 0 Å². The summed E-state index contributed by atoms with van der Waals surface area (Å²) in [6.07, 6.45) is 26.6. The van der Waals surface area contributed by atoms with Crippen molar-refractivity contribution in [3.8, 4) is 0 Å². The van der Waals surface area contributed by atoms with Crippen molar-refractivity contribution in [1.29, 1.82) is 0 Å². The molecule has 0 nitrogen and oxygen atoms in total. The molecule has 0 bridgehead atoms. The molecule has 0 heterocycles. The molecular weight excluding hydrogens is 271 g/mol. The predicted molar refractivity (Wildman–Crippen MR) is 103 cm³/mol. The Labute approximate surface area is 138 Å². The van der Waals surface area contributed by atoms with Crippen LogP contribution in [-0.2, 0) is 0 Å². The van der Waals surface area contributed by atoms with Gasteiger partial charge >= 0.3 is 0 Å². The maximum absolute atomic E-state index is 2.33. The summed E-state index contributed by atoms with van der Waals surface area (Å²) in [5.41, 5.74) is 0. The van der Waals surface area contributed by atoms with E-state index >= 15 is 0 Å². The van der Waals surface area contributed by atoms with E-state index in [1.807, 2.05) is 0 Å². The molecule has 0 N–H and O–H groups in total. The van der Waals surface area contributed by atoms with E-state index in [-0.39, 0.29) is 0 Å². The maximum Gasteiger partial charge on any atom is -0.0356 e. The normalized spacial score (nSPS) is 11.7. The lowest BCUT2D eigenvalue weighted by molar-refractivity contribution is 0.529. The molecule has 0 saturated carbocycles. The molecule has 0 aliphatic rings. The standard InChI is InChI=1S/C20H43P/c1-3-4-5-6-7-8-9-10-11-12-13-14-15-16-17-18-19-20-21-2/h21H,3-20H2,1-2H3. The van der Waals surface area contributed by atoms with Gasteiger partial charge in [-0.3, -0.25) is 0 Å². The minimum absolute atomic E-state index is 1.17. The Balaban J connectivity index is 2.90. The third kappa shape index (κ3) is 20.4. The van der Waals surface area contributed by atoms with Crippen LogP contribution in [0.2, 0.25) is 0 Å². The SMILES string of the molecule is CCCCCCCCCCCCCCCCCCCPC. The second kappa shape index (κ2) is 20.4. The van der Waals surface area contributed by atoms with E-state index in [2.05, 4.69) is 13.6 Å². The van der Waals surface area contributed by atoms with Crippen LogP contribution in [0.3, 0.4) is 0 Å². The van der Waals surface area contributed by atoms with Gasteiger partial charge in [-0.2, -0.15) is 0 Å². The molecular formula is C20H43P. The number of rotatable bonds is 18. The fraction of sp³-hybridized carbons (Fsp3) is 1.00. The van der Waals surface area contributed by atoms with Crippen molar-refractivity contribution in [2.75, 3.05) is 12.8 Å². The van der Waals surface area contributed by atoms with Crippen molar-refractivity contribution in [2.45, 2.75) is 116 Å². The zero-order valence-electron chi connectivity index (χ0n) is 15.2. The van der Waals surface area contributed by atoms with Crippen molar-refractivity contribution in [3.05, 3.63) is 0 Å². The first-order chi connectivity index (χ1) is 10.4. The fourth-order valence-corrected chi connectivity index (χ4v) is 3.63. The Morgan fingerprint density at radius 3 is 1.00 bits per heavy atom. The lowest BCUT2D eigenvalue weighted by atomic mass is 10.0. The molecule has 1 heteroatoms. The van der Waals surface area contributed by atoms with E-state index < -0.39 is 0 Å². The third-order valence-corrected chi connectivity index (χ3v) is 5.38. The van der Waals surface area contributed by atoms with E-state index in [4.69, 9.17) is 0 Å². The van der Waals surface area contributed by atoms with Crippen molar-refractivity contribution < 1.29 is 0 Å². The molecule has 0 aromatic rings. The molecule has 1 unspecified atom stereocenters. The number of hydrogen-bond donors (Lipinski definition) is 0. The Hall–Kier alpha value is 0.430. The van der Waals surface area contributed by atoms with Crippen LogP contribution in [0, 0.1) is 0 Å². The lowest BCUT2D eigenvalue weighted by Gasteiger charge is -2.03. The van der Waals surface area contributed by atoms with Gasteiger partial charge in [-0.15, -0.1) is 8.58 Å². The van der Waals surface area contributed by atoms with Gasteiger partial charge in [-0.25, -0.2) is 0 Å². The highest BCUT2D eigenvalue weighted by Crippen LogP contribution is 2.14. The highest BCUT2D eigenvalue weighted by atomic mass is 31.1. The van der Waals surface area contributed by atoms with Crippen LogP contribution in [-0.4, -0.2) is 12.8 Å². The van der Waals surface area contributed by atoms with Gasteiger partial charge < -0.3 is 0 Å². The van der Waals surface area contributed by atoms with Crippen LogP contribution >= 0.6 is 8.58 Å². The van der Waals surface area contributed by atoms with Gasteiger partial charge in [0.2, 0.25) is 0 Å². The second-order valence-electron chi connectivity index (χ2n) is 6.76. The summed E-state index contributed by atoms with van der Waals surface area (Å²) in [4.78, 5) is 0. The number of unbranched alkanes of at least 4 members (excludes halogenated alkanes) is 16. The predicted octanol–water partition coefficient (Wildman–Crippen LogP) is 7.95. The van der Waals surface area contributed by atoms with E-state index in [1.165, 1.54) is 124 Å². The maximum atomic E-state index is 2.33. The first-order valence-corrected chi connectivity index (χ1v) is 11.8. The van der Waals surface area contributed by atoms with Gasteiger partial charge in [-0.05, 0) is 19.2 Å². The van der Waals surface area contributed by atoms with Gasteiger partial charge in [0, 0.05) is 0 Å². The molecule has 0 radical (unpaired) electrons. The highest BCUT2D eigenvalue weighted by molar-refractivity contribution is 7.36. The molecule has 21 heavy (non-hydrogen) atoms. The van der Waals surface area contributed by atoms with Crippen LogP contribution < -0.4 is 0 Å². The highest BCUT2D eigenvalue weighted by Gasteiger charge is 1.94. The zero-order chi connectivity index (χ0) is 15.4. The monoisotopic (exact) mass is 314 g/mol. The van der Waals surface area contributed by atoms with Gasteiger partial charge in [-0.1, -0.05) is 110 Å². The Morgan fingerprint density at radius 1 is 0.429 bits per heavy atom. The van der Waals surface area contributed by atoms with Gasteiger partial charge in [0.15, 0.2) is 0 Å². The first-order valence-electron chi connectivity index (χ1n) is 10.1. The summed E-state index contributed by atoms with van der Waals surface area (Å²) in [5, 5.41) is 0. The lowest BCUT2D eigenvalue weighted by Crippen LogP contribution is -1.84. The van der Waals surface area contributed by atoms with E-state index in [0.717, 1.165) is 0 Å². The molecule has 0 amide bonds. The molecule has 128 valence electrons. The first kappa shape index (κ1) is 21.4. The Kier molecular flexibility index (Phi) is 20.8. The van der Waals surface area contributed by atoms with E-state index in [0.29, 0.717) is 0 Å². The van der Waals surface area contributed by atoms with Crippen molar-refractivity contribution >= 4 is 8.58 Å². The van der Waals surface area contributed by atoms with Crippen LogP contribution in [0.25, 0.3) is 0 Å². The molecule has 0 aromatic heterocycles. The molecule has 0 aliphatic carbocycles.